The van der Waals surface area contributed by atoms with Gasteiger partial charge in [0.1, 0.15) is 11.6 Å². The van der Waals surface area contributed by atoms with Gasteiger partial charge in [-0.05, 0) is 36.3 Å². The second kappa shape index (κ2) is 8.57. The van der Waals surface area contributed by atoms with Crippen LogP contribution < -0.4 is 10.1 Å². The summed E-state index contributed by atoms with van der Waals surface area (Å²) in [6, 6.07) is 14.3. The summed E-state index contributed by atoms with van der Waals surface area (Å²) in [7, 11) is 1.46. The molecule has 0 spiro atoms. The number of nitrogens with one attached hydrogen (secondary N) is 1. The van der Waals surface area contributed by atoms with Gasteiger partial charge in [0.15, 0.2) is 5.75 Å². The van der Waals surface area contributed by atoms with Crippen molar-refractivity contribution in [1.82, 2.24) is 5.32 Å². The van der Waals surface area contributed by atoms with Gasteiger partial charge in [-0.3, -0.25) is 4.79 Å². The van der Waals surface area contributed by atoms with E-state index in [2.05, 4.69) is 5.32 Å². The SMILES string of the molecule is COc1c(Cl)cc(/C=C(/C#N)C(=O)N[C@H](C)c2ccccc2)cc1Cl. The lowest BCUT2D eigenvalue weighted by atomic mass is 10.1. The highest BCUT2D eigenvalue weighted by atomic mass is 35.5. The zero-order chi connectivity index (χ0) is 18.4. The number of methoxy groups -OCH3 is 1. The number of halogens is 2. The molecule has 6 heteroatoms. The van der Waals surface area contributed by atoms with Crippen LogP contribution in [0.1, 0.15) is 24.1 Å². The molecule has 25 heavy (non-hydrogen) atoms. The van der Waals surface area contributed by atoms with E-state index in [1.54, 1.807) is 12.1 Å². The second-order valence-corrected chi connectivity index (χ2v) is 6.11. The van der Waals surface area contributed by atoms with Crippen molar-refractivity contribution in [2.24, 2.45) is 0 Å². The van der Waals surface area contributed by atoms with Crippen LogP contribution in [0.4, 0.5) is 0 Å². The number of carbonyl (C=O) groups excluding carboxylic acids is 1. The van der Waals surface area contributed by atoms with Crippen molar-refractivity contribution in [3.8, 4) is 11.8 Å². The van der Waals surface area contributed by atoms with Gasteiger partial charge in [-0.2, -0.15) is 5.26 Å². The summed E-state index contributed by atoms with van der Waals surface area (Å²) in [5.41, 5.74) is 1.44. The van der Waals surface area contributed by atoms with Crippen molar-refractivity contribution in [2.75, 3.05) is 7.11 Å². The third kappa shape index (κ3) is 4.76. The monoisotopic (exact) mass is 374 g/mol. The maximum Gasteiger partial charge on any atom is 0.262 e. The molecule has 1 amide bonds. The van der Waals surface area contributed by atoms with Crippen LogP contribution >= 0.6 is 23.2 Å². The van der Waals surface area contributed by atoms with Crippen LogP contribution in [-0.4, -0.2) is 13.0 Å². The molecule has 0 aliphatic carbocycles. The molecule has 0 fully saturated rings. The molecule has 1 atom stereocenters. The molecule has 2 aromatic rings. The molecule has 0 bridgehead atoms. The largest absolute Gasteiger partial charge is 0.494 e. The number of hydrogen-bond acceptors (Lipinski definition) is 3. The average Bonchev–Trinajstić information content (AvgIpc) is 2.60. The molecule has 2 aromatic carbocycles. The van der Waals surface area contributed by atoms with Crippen LogP contribution in [0.15, 0.2) is 48.0 Å². The molecular weight excluding hydrogens is 359 g/mol. The number of ether oxygens (including phenoxy) is 1. The van der Waals surface area contributed by atoms with Crippen molar-refractivity contribution >= 4 is 35.2 Å². The quantitative estimate of drug-likeness (QED) is 0.604. The molecule has 0 aliphatic rings. The molecule has 0 aliphatic heterocycles. The predicted molar refractivity (Wildman–Crippen MR) is 99.6 cm³/mol. The van der Waals surface area contributed by atoms with E-state index in [4.69, 9.17) is 27.9 Å². The molecule has 0 heterocycles. The summed E-state index contributed by atoms with van der Waals surface area (Å²) in [5, 5.41) is 12.7. The minimum Gasteiger partial charge on any atom is -0.494 e. The minimum absolute atomic E-state index is 0.0416. The highest BCUT2D eigenvalue weighted by Crippen LogP contribution is 2.34. The van der Waals surface area contributed by atoms with Crippen LogP contribution in [0.3, 0.4) is 0 Å². The third-order valence-electron chi connectivity index (χ3n) is 3.55. The van der Waals surface area contributed by atoms with E-state index in [-0.39, 0.29) is 11.6 Å². The van der Waals surface area contributed by atoms with E-state index in [9.17, 15) is 10.1 Å². The molecule has 128 valence electrons. The summed E-state index contributed by atoms with van der Waals surface area (Å²) < 4.78 is 5.08. The standard InChI is InChI=1S/C19H16Cl2N2O2/c1-12(14-6-4-3-5-7-14)23-19(24)15(11-22)8-13-9-16(20)18(25-2)17(21)10-13/h3-10,12H,1-2H3,(H,23,24)/b15-8-/t12-/m1/s1. The molecule has 0 aromatic heterocycles. The Balaban J connectivity index is 2.23. The summed E-state index contributed by atoms with van der Waals surface area (Å²) >= 11 is 12.2. The normalized spacial score (nSPS) is 12.2. The van der Waals surface area contributed by atoms with Crippen molar-refractivity contribution in [2.45, 2.75) is 13.0 Å². The summed E-state index contributed by atoms with van der Waals surface area (Å²) in [5.74, 6) is -0.122. The lowest BCUT2D eigenvalue weighted by Gasteiger charge is -2.14. The molecule has 0 radical (unpaired) electrons. The van der Waals surface area contributed by atoms with Crippen LogP contribution in [0, 0.1) is 11.3 Å². The predicted octanol–water partition coefficient (Wildman–Crippen LogP) is 4.79. The minimum atomic E-state index is -0.470. The Labute approximate surface area is 156 Å². The fraction of sp³-hybridized carbons (Fsp3) is 0.158. The number of benzene rings is 2. The Morgan fingerprint density at radius 3 is 2.36 bits per heavy atom. The first-order valence-electron chi connectivity index (χ1n) is 7.47. The number of carbonyl (C=O) groups is 1. The van der Waals surface area contributed by atoms with Crippen LogP contribution in [0.5, 0.6) is 5.75 Å². The van der Waals surface area contributed by atoms with E-state index in [0.29, 0.717) is 21.4 Å². The van der Waals surface area contributed by atoms with Crippen LogP contribution in [0.25, 0.3) is 6.08 Å². The van der Waals surface area contributed by atoms with Gasteiger partial charge in [0, 0.05) is 0 Å². The smallest absolute Gasteiger partial charge is 0.262 e. The van der Waals surface area contributed by atoms with E-state index in [1.165, 1.54) is 13.2 Å². The maximum absolute atomic E-state index is 12.4. The summed E-state index contributed by atoms with van der Waals surface area (Å²) in [6.07, 6.45) is 1.43. The fourth-order valence-electron chi connectivity index (χ4n) is 2.27. The zero-order valence-corrected chi connectivity index (χ0v) is 15.2. The highest BCUT2D eigenvalue weighted by molar-refractivity contribution is 6.37. The van der Waals surface area contributed by atoms with Crippen molar-refractivity contribution in [3.63, 3.8) is 0 Å². The first-order valence-corrected chi connectivity index (χ1v) is 8.22. The van der Waals surface area contributed by atoms with Gasteiger partial charge in [0.25, 0.3) is 5.91 Å². The van der Waals surface area contributed by atoms with Crippen molar-refractivity contribution in [3.05, 3.63) is 69.2 Å². The topological polar surface area (TPSA) is 62.1 Å². The third-order valence-corrected chi connectivity index (χ3v) is 4.11. The molecule has 0 saturated heterocycles. The molecular formula is C19H16Cl2N2O2. The number of amides is 1. The molecule has 0 saturated carbocycles. The maximum atomic E-state index is 12.4. The number of rotatable bonds is 5. The number of nitriles is 1. The average molecular weight is 375 g/mol. The Kier molecular flexibility index (Phi) is 6.46. The molecule has 4 nitrogen and oxygen atoms in total. The molecule has 1 N–H and O–H groups in total. The first kappa shape index (κ1) is 18.9. The van der Waals surface area contributed by atoms with Crippen molar-refractivity contribution in [1.29, 1.82) is 5.26 Å². The van der Waals surface area contributed by atoms with E-state index in [1.807, 2.05) is 43.3 Å². The number of nitrogens with zero attached hydrogens (tertiary/aromatic N) is 1. The lowest BCUT2D eigenvalue weighted by molar-refractivity contribution is -0.117. The number of hydrogen-bond donors (Lipinski definition) is 1. The Bertz CT molecular complexity index is 819. The second-order valence-electron chi connectivity index (χ2n) is 5.29. The summed E-state index contributed by atoms with van der Waals surface area (Å²) in [6.45, 7) is 1.85. The van der Waals surface area contributed by atoms with E-state index in [0.717, 1.165) is 5.56 Å². The lowest BCUT2D eigenvalue weighted by Crippen LogP contribution is -2.27. The Morgan fingerprint density at radius 2 is 1.84 bits per heavy atom. The summed E-state index contributed by atoms with van der Waals surface area (Å²) in [4.78, 5) is 12.4. The van der Waals surface area contributed by atoms with Gasteiger partial charge in [-0.15, -0.1) is 0 Å². The highest BCUT2D eigenvalue weighted by Gasteiger charge is 2.15. The fourth-order valence-corrected chi connectivity index (χ4v) is 2.93. The van der Waals surface area contributed by atoms with Gasteiger partial charge >= 0.3 is 0 Å². The molecule has 2 rings (SSSR count). The van der Waals surface area contributed by atoms with Gasteiger partial charge < -0.3 is 10.1 Å². The Hall–Kier alpha value is -2.48. The van der Waals surface area contributed by atoms with Gasteiger partial charge in [-0.1, -0.05) is 53.5 Å². The van der Waals surface area contributed by atoms with E-state index >= 15 is 0 Å². The van der Waals surface area contributed by atoms with Crippen LogP contribution in [0.2, 0.25) is 10.0 Å². The zero-order valence-electron chi connectivity index (χ0n) is 13.7. The van der Waals surface area contributed by atoms with Crippen LogP contribution in [-0.2, 0) is 4.79 Å². The van der Waals surface area contributed by atoms with E-state index < -0.39 is 5.91 Å². The van der Waals surface area contributed by atoms with Gasteiger partial charge in [-0.25, -0.2) is 0 Å². The first-order chi connectivity index (χ1) is 12.0. The Morgan fingerprint density at radius 1 is 1.24 bits per heavy atom. The van der Waals surface area contributed by atoms with Gasteiger partial charge in [0.05, 0.1) is 23.2 Å². The van der Waals surface area contributed by atoms with Crippen molar-refractivity contribution < 1.29 is 9.53 Å². The molecule has 0 unspecified atom stereocenters. The van der Waals surface area contributed by atoms with Gasteiger partial charge in [0.2, 0.25) is 0 Å².